The van der Waals surface area contributed by atoms with Crippen molar-refractivity contribution in [2.75, 3.05) is 24.3 Å². The third-order valence-corrected chi connectivity index (χ3v) is 7.04. The van der Waals surface area contributed by atoms with E-state index in [4.69, 9.17) is 9.97 Å². The second kappa shape index (κ2) is 9.41. The Hall–Kier alpha value is -3.09. The van der Waals surface area contributed by atoms with Gasteiger partial charge in [0, 0.05) is 48.8 Å². The zero-order valence-corrected chi connectivity index (χ0v) is 19.7. The minimum Gasteiger partial charge on any atom is -0.362 e. The molecule has 0 spiro atoms. The summed E-state index contributed by atoms with van der Waals surface area (Å²) in [4.78, 5) is 27.7. The number of benzene rings is 1. The number of aromatic amines is 1. The lowest BCUT2D eigenvalue weighted by atomic mass is 9.91. The lowest BCUT2D eigenvalue weighted by Crippen LogP contribution is -2.41. The Kier molecular flexibility index (Phi) is 6.20. The van der Waals surface area contributed by atoms with Crippen molar-refractivity contribution >= 4 is 28.6 Å². The number of nitrogens with one attached hydrogen (secondary N) is 3. The van der Waals surface area contributed by atoms with E-state index in [9.17, 15) is 4.79 Å². The van der Waals surface area contributed by atoms with Gasteiger partial charge in [-0.05, 0) is 63.0 Å². The van der Waals surface area contributed by atoms with Crippen molar-refractivity contribution in [2.45, 2.75) is 69.9 Å². The SMILES string of the molecule is CN(C)c1nc(NC2CCC(NC(=O)Cc3c[nH]c4ccccc34)CC2)nc2c1CCCC2. The molecule has 2 heterocycles. The Morgan fingerprint density at radius 3 is 2.64 bits per heavy atom. The fourth-order valence-corrected chi connectivity index (χ4v) is 5.30. The molecule has 1 saturated carbocycles. The van der Waals surface area contributed by atoms with Crippen LogP contribution in [0.4, 0.5) is 11.8 Å². The number of carbonyl (C=O) groups is 1. The first-order valence-electron chi connectivity index (χ1n) is 12.2. The largest absolute Gasteiger partial charge is 0.362 e. The summed E-state index contributed by atoms with van der Waals surface area (Å²) in [5, 5.41) is 7.97. The second-order valence-corrected chi connectivity index (χ2v) is 9.69. The molecule has 0 saturated heterocycles. The van der Waals surface area contributed by atoms with Crippen LogP contribution in [0.15, 0.2) is 30.5 Å². The number of carbonyl (C=O) groups excluding carboxylic acids is 1. The van der Waals surface area contributed by atoms with E-state index in [1.54, 1.807) is 0 Å². The Balaban J connectivity index is 1.15. The summed E-state index contributed by atoms with van der Waals surface area (Å²) in [6.45, 7) is 0. The zero-order chi connectivity index (χ0) is 22.8. The normalized spacial score (nSPS) is 20.3. The molecule has 0 atom stereocenters. The summed E-state index contributed by atoms with van der Waals surface area (Å²) >= 11 is 0. The monoisotopic (exact) mass is 446 g/mol. The molecule has 0 radical (unpaired) electrons. The van der Waals surface area contributed by atoms with E-state index < -0.39 is 0 Å². The van der Waals surface area contributed by atoms with Crippen molar-refractivity contribution in [2.24, 2.45) is 0 Å². The summed E-state index contributed by atoms with van der Waals surface area (Å²) < 4.78 is 0. The predicted octanol–water partition coefficient (Wildman–Crippen LogP) is 3.98. The van der Waals surface area contributed by atoms with E-state index in [-0.39, 0.29) is 11.9 Å². The number of aryl methyl sites for hydroxylation is 1. The molecule has 2 aromatic heterocycles. The van der Waals surface area contributed by atoms with E-state index >= 15 is 0 Å². The van der Waals surface area contributed by atoms with Gasteiger partial charge in [-0.3, -0.25) is 4.79 Å². The standard InChI is InChI=1S/C26H34N6O/c1-32(2)25-21-8-4-6-10-23(21)30-26(31-25)29-19-13-11-18(12-14-19)28-24(33)15-17-16-27-22-9-5-3-7-20(17)22/h3,5,7,9,16,18-19,27H,4,6,8,10-15H2,1-2H3,(H,28,33)(H,29,30,31). The molecule has 1 amide bonds. The minimum absolute atomic E-state index is 0.102. The van der Waals surface area contributed by atoms with Crippen molar-refractivity contribution in [3.63, 3.8) is 0 Å². The van der Waals surface area contributed by atoms with Crippen LogP contribution >= 0.6 is 0 Å². The van der Waals surface area contributed by atoms with E-state index in [1.807, 2.05) is 24.4 Å². The molecular weight excluding hydrogens is 412 g/mol. The van der Waals surface area contributed by atoms with Crippen LogP contribution in [0.25, 0.3) is 10.9 Å². The van der Waals surface area contributed by atoms with E-state index in [1.165, 1.54) is 24.1 Å². The van der Waals surface area contributed by atoms with Crippen LogP contribution in [0.1, 0.15) is 55.3 Å². The number of nitrogens with zero attached hydrogens (tertiary/aromatic N) is 3. The number of fused-ring (bicyclic) bond motifs is 2. The molecule has 0 unspecified atom stereocenters. The molecule has 1 aromatic carbocycles. The molecule has 3 N–H and O–H groups in total. The molecular formula is C26H34N6O. The highest BCUT2D eigenvalue weighted by molar-refractivity contribution is 5.88. The van der Waals surface area contributed by atoms with Crippen LogP contribution in [0, 0.1) is 0 Å². The van der Waals surface area contributed by atoms with Gasteiger partial charge in [-0.25, -0.2) is 4.98 Å². The van der Waals surface area contributed by atoms with Gasteiger partial charge in [0.25, 0.3) is 0 Å². The highest BCUT2D eigenvalue weighted by Crippen LogP contribution is 2.29. The summed E-state index contributed by atoms with van der Waals surface area (Å²) in [6.07, 6.45) is 10.9. The molecule has 7 heteroatoms. The third kappa shape index (κ3) is 4.82. The van der Waals surface area contributed by atoms with Crippen molar-refractivity contribution in [1.29, 1.82) is 0 Å². The first kappa shape index (κ1) is 21.7. The first-order valence-corrected chi connectivity index (χ1v) is 12.2. The summed E-state index contributed by atoms with van der Waals surface area (Å²) in [5.41, 5.74) is 4.66. The first-order chi connectivity index (χ1) is 16.1. The smallest absolute Gasteiger partial charge is 0.225 e. The highest BCUT2D eigenvalue weighted by Gasteiger charge is 2.25. The molecule has 33 heavy (non-hydrogen) atoms. The van der Waals surface area contributed by atoms with Gasteiger partial charge in [0.2, 0.25) is 11.9 Å². The quantitative estimate of drug-likeness (QED) is 0.533. The van der Waals surface area contributed by atoms with E-state index in [2.05, 4.69) is 40.7 Å². The fourth-order valence-electron chi connectivity index (χ4n) is 5.30. The third-order valence-electron chi connectivity index (χ3n) is 7.04. The number of amides is 1. The summed E-state index contributed by atoms with van der Waals surface area (Å²) in [5.74, 6) is 1.91. The highest BCUT2D eigenvalue weighted by atomic mass is 16.1. The number of anilines is 2. The lowest BCUT2D eigenvalue weighted by Gasteiger charge is -2.30. The Morgan fingerprint density at radius 1 is 1.06 bits per heavy atom. The Labute approximate surface area is 195 Å². The summed E-state index contributed by atoms with van der Waals surface area (Å²) in [7, 11) is 4.12. The van der Waals surface area contributed by atoms with E-state index in [0.29, 0.717) is 12.5 Å². The minimum atomic E-state index is 0.102. The Bertz CT molecular complexity index is 1130. The molecule has 0 aliphatic heterocycles. The van der Waals surface area contributed by atoms with Crippen molar-refractivity contribution in [3.05, 3.63) is 47.3 Å². The average Bonchev–Trinajstić information content (AvgIpc) is 3.22. The van der Waals surface area contributed by atoms with Crippen molar-refractivity contribution < 1.29 is 4.79 Å². The molecule has 5 rings (SSSR count). The fraction of sp³-hybridized carbons (Fsp3) is 0.500. The van der Waals surface area contributed by atoms with Crippen LogP contribution in [-0.2, 0) is 24.1 Å². The van der Waals surface area contributed by atoms with Crippen molar-refractivity contribution in [3.8, 4) is 0 Å². The second-order valence-electron chi connectivity index (χ2n) is 9.69. The molecule has 2 aliphatic carbocycles. The van der Waals surface area contributed by atoms with Gasteiger partial charge in [-0.2, -0.15) is 4.98 Å². The van der Waals surface area contributed by atoms with Crippen LogP contribution in [0.2, 0.25) is 0 Å². The van der Waals surface area contributed by atoms with Gasteiger partial charge in [0.1, 0.15) is 5.82 Å². The Morgan fingerprint density at radius 2 is 1.82 bits per heavy atom. The maximum atomic E-state index is 12.7. The van der Waals surface area contributed by atoms with Gasteiger partial charge < -0.3 is 20.5 Å². The average molecular weight is 447 g/mol. The number of aromatic nitrogens is 3. The van der Waals surface area contributed by atoms with Crippen molar-refractivity contribution in [1.82, 2.24) is 20.3 Å². The number of hydrogen-bond donors (Lipinski definition) is 3. The maximum absolute atomic E-state index is 12.7. The van der Waals surface area contributed by atoms with Gasteiger partial charge >= 0.3 is 0 Å². The lowest BCUT2D eigenvalue weighted by molar-refractivity contribution is -0.121. The number of hydrogen-bond acceptors (Lipinski definition) is 5. The van der Waals surface area contributed by atoms with Gasteiger partial charge in [-0.15, -0.1) is 0 Å². The van der Waals surface area contributed by atoms with Crippen LogP contribution in [0.5, 0.6) is 0 Å². The molecule has 174 valence electrons. The van der Waals surface area contributed by atoms with Crippen LogP contribution in [0.3, 0.4) is 0 Å². The van der Waals surface area contributed by atoms with Crippen LogP contribution < -0.4 is 15.5 Å². The van der Waals surface area contributed by atoms with Gasteiger partial charge in [-0.1, -0.05) is 18.2 Å². The van der Waals surface area contributed by atoms with E-state index in [0.717, 1.165) is 66.8 Å². The predicted molar refractivity (Wildman–Crippen MR) is 133 cm³/mol. The number of rotatable bonds is 6. The topological polar surface area (TPSA) is 85.9 Å². The zero-order valence-electron chi connectivity index (χ0n) is 19.7. The van der Waals surface area contributed by atoms with Gasteiger partial charge in [0.15, 0.2) is 0 Å². The van der Waals surface area contributed by atoms with Gasteiger partial charge in [0.05, 0.1) is 12.1 Å². The molecule has 0 bridgehead atoms. The maximum Gasteiger partial charge on any atom is 0.225 e. The van der Waals surface area contributed by atoms with Crippen LogP contribution in [-0.4, -0.2) is 47.0 Å². The number of H-pyrrole nitrogens is 1. The molecule has 7 nitrogen and oxygen atoms in total. The summed E-state index contributed by atoms with van der Waals surface area (Å²) in [6, 6.07) is 8.71. The molecule has 1 fully saturated rings. The number of para-hydroxylation sites is 1. The molecule has 2 aliphatic rings. The molecule has 3 aromatic rings.